The number of oxazole rings is 1. The van der Waals surface area contributed by atoms with Crippen molar-refractivity contribution >= 4 is 40.0 Å². The van der Waals surface area contributed by atoms with Gasteiger partial charge in [0.25, 0.3) is 0 Å². The molecule has 31 heavy (non-hydrogen) atoms. The Kier molecular flexibility index (Phi) is 6.02. The minimum atomic E-state index is -0.561. The molecule has 1 aliphatic rings. The number of carbonyl (C=O) groups excluding carboxylic acids is 1. The van der Waals surface area contributed by atoms with Crippen LogP contribution in [0.3, 0.4) is 0 Å². The number of nitrogens with one attached hydrogen (secondary N) is 1. The average molecular weight is 448 g/mol. The first-order valence-electron chi connectivity index (χ1n) is 10.1. The fourth-order valence-corrected chi connectivity index (χ4v) is 4.07. The van der Waals surface area contributed by atoms with Crippen LogP contribution in [0.4, 0.5) is 15.8 Å². The summed E-state index contributed by atoms with van der Waals surface area (Å²) >= 11 is 5.91. The lowest BCUT2D eigenvalue weighted by molar-refractivity contribution is -0.116. The number of fused-ring (bicyclic) bond motifs is 1. The zero-order chi connectivity index (χ0) is 22.1. The summed E-state index contributed by atoms with van der Waals surface area (Å²) in [7, 11) is 0. The van der Waals surface area contributed by atoms with Crippen LogP contribution in [0.2, 0.25) is 5.02 Å². The summed E-state index contributed by atoms with van der Waals surface area (Å²) in [5.74, 6) is -1.31. The van der Waals surface area contributed by atoms with Gasteiger partial charge >= 0.3 is 5.76 Å². The predicted octanol–water partition coefficient (Wildman–Crippen LogP) is 4.03. The molecule has 0 saturated carbocycles. The summed E-state index contributed by atoms with van der Waals surface area (Å²) in [6.45, 7) is 5.25. The highest BCUT2D eigenvalue weighted by Crippen LogP contribution is 2.26. The van der Waals surface area contributed by atoms with Crippen LogP contribution in [0, 0.1) is 5.82 Å². The Bertz CT molecular complexity index is 1170. The number of hydrogen-bond acceptors (Lipinski definition) is 5. The predicted molar refractivity (Wildman–Crippen MR) is 117 cm³/mol. The minimum absolute atomic E-state index is 0.0148. The van der Waals surface area contributed by atoms with Crippen molar-refractivity contribution in [3.63, 3.8) is 0 Å². The molecule has 4 rings (SSSR count). The van der Waals surface area contributed by atoms with Crippen molar-refractivity contribution < 1.29 is 18.3 Å². The average Bonchev–Trinajstić information content (AvgIpc) is 2.99. The molecule has 9 heteroatoms. The van der Waals surface area contributed by atoms with Crippen molar-refractivity contribution in [3.05, 3.63) is 57.8 Å². The molecule has 0 unspecified atom stereocenters. The zero-order valence-corrected chi connectivity index (χ0v) is 18.0. The number of hydrogen-bond donors (Lipinski definition) is 1. The lowest BCUT2D eigenvalue weighted by atomic mass is 10.2. The molecule has 1 aromatic heterocycles. The molecule has 1 N–H and O–H groups in total. The number of halogens is 2. The van der Waals surface area contributed by atoms with Gasteiger partial charge in [0, 0.05) is 42.8 Å². The van der Waals surface area contributed by atoms with Gasteiger partial charge < -0.3 is 19.4 Å². The number of ether oxygens (including phenoxy) is 1. The van der Waals surface area contributed by atoms with Crippen LogP contribution in [-0.4, -0.2) is 35.8 Å². The van der Waals surface area contributed by atoms with E-state index >= 15 is 0 Å². The number of carbonyl (C=O) groups is 1. The van der Waals surface area contributed by atoms with E-state index in [0.29, 0.717) is 40.6 Å². The molecule has 0 bridgehead atoms. The summed E-state index contributed by atoms with van der Waals surface area (Å²) < 4.78 is 26.9. The molecule has 0 radical (unpaired) electrons. The summed E-state index contributed by atoms with van der Waals surface area (Å²) in [6.07, 6.45) is 0.0564. The molecule has 2 aromatic carbocycles. The number of anilines is 2. The lowest BCUT2D eigenvalue weighted by Gasteiger charge is -2.37. The molecular formula is C22H23ClFN3O4. The van der Waals surface area contributed by atoms with E-state index in [4.69, 9.17) is 20.8 Å². The molecule has 164 valence electrons. The van der Waals surface area contributed by atoms with Gasteiger partial charge in [0.15, 0.2) is 5.58 Å². The molecule has 1 amide bonds. The van der Waals surface area contributed by atoms with Crippen LogP contribution in [0.1, 0.15) is 20.3 Å². The molecule has 2 atom stereocenters. The van der Waals surface area contributed by atoms with Crippen LogP contribution < -0.4 is 16.0 Å². The Morgan fingerprint density at radius 1 is 1.19 bits per heavy atom. The van der Waals surface area contributed by atoms with Gasteiger partial charge in [-0.3, -0.25) is 9.36 Å². The van der Waals surface area contributed by atoms with Gasteiger partial charge in [-0.05, 0) is 44.2 Å². The highest BCUT2D eigenvalue weighted by atomic mass is 35.5. The monoisotopic (exact) mass is 447 g/mol. The summed E-state index contributed by atoms with van der Waals surface area (Å²) in [4.78, 5) is 26.4. The molecule has 1 fully saturated rings. The Morgan fingerprint density at radius 3 is 2.65 bits per heavy atom. The Hall–Kier alpha value is -2.84. The van der Waals surface area contributed by atoms with Gasteiger partial charge in [0.2, 0.25) is 5.91 Å². The van der Waals surface area contributed by atoms with Crippen molar-refractivity contribution in [2.45, 2.75) is 39.0 Å². The Morgan fingerprint density at radius 2 is 1.94 bits per heavy atom. The smallest absolute Gasteiger partial charge is 0.408 e. The van der Waals surface area contributed by atoms with Crippen molar-refractivity contribution in [3.8, 4) is 0 Å². The van der Waals surface area contributed by atoms with Crippen molar-refractivity contribution in [2.24, 2.45) is 0 Å². The number of morpholine rings is 1. The quantitative estimate of drug-likeness (QED) is 0.639. The molecule has 1 saturated heterocycles. The lowest BCUT2D eigenvalue weighted by Crippen LogP contribution is -2.45. The van der Waals surface area contributed by atoms with Gasteiger partial charge in [-0.15, -0.1) is 0 Å². The standard InChI is InChI=1S/C22H23ClFN3O4/c1-13-11-26(12-14(2)30-13)18-6-4-16(10-17(18)24)25-21(28)7-8-27-19-5-3-15(23)9-20(19)31-22(27)29/h3-6,9-10,13-14H,7-8,11-12H2,1-2H3,(H,25,28)/t13-,14-/m0/s1. The van der Waals surface area contributed by atoms with E-state index in [0.717, 1.165) is 0 Å². The van der Waals surface area contributed by atoms with Crippen LogP contribution >= 0.6 is 11.6 Å². The van der Waals surface area contributed by atoms with Gasteiger partial charge in [0.1, 0.15) is 5.82 Å². The van der Waals surface area contributed by atoms with E-state index in [9.17, 15) is 14.0 Å². The number of rotatable bonds is 5. The van der Waals surface area contributed by atoms with E-state index < -0.39 is 11.6 Å². The first-order valence-corrected chi connectivity index (χ1v) is 10.5. The van der Waals surface area contributed by atoms with E-state index in [-0.39, 0.29) is 31.1 Å². The SMILES string of the molecule is C[C@H]1CN(c2ccc(NC(=O)CCn3c(=O)oc4cc(Cl)ccc43)cc2F)C[C@H](C)O1. The fraction of sp³-hybridized carbons (Fsp3) is 0.364. The molecule has 0 aliphatic carbocycles. The second-order valence-electron chi connectivity index (χ2n) is 7.76. The molecule has 2 heterocycles. The minimum Gasteiger partial charge on any atom is -0.408 e. The second kappa shape index (κ2) is 8.72. The number of benzene rings is 2. The van der Waals surface area contributed by atoms with Crippen LogP contribution in [0.15, 0.2) is 45.6 Å². The molecule has 1 aliphatic heterocycles. The molecule has 3 aromatic rings. The van der Waals surface area contributed by atoms with Crippen LogP contribution in [0.5, 0.6) is 0 Å². The third kappa shape index (κ3) is 4.75. The van der Waals surface area contributed by atoms with E-state index in [1.807, 2.05) is 18.7 Å². The van der Waals surface area contributed by atoms with Crippen LogP contribution in [0.25, 0.3) is 11.1 Å². The first kappa shape index (κ1) is 21.4. The molecule has 0 spiro atoms. The zero-order valence-electron chi connectivity index (χ0n) is 17.2. The van der Waals surface area contributed by atoms with E-state index in [1.165, 1.54) is 10.6 Å². The Labute approximate surface area is 183 Å². The topological polar surface area (TPSA) is 76.7 Å². The fourth-order valence-electron chi connectivity index (χ4n) is 3.90. The van der Waals surface area contributed by atoms with Crippen molar-refractivity contribution in [1.82, 2.24) is 4.57 Å². The summed E-state index contributed by atoms with van der Waals surface area (Å²) in [5.41, 5.74) is 1.76. The molecular weight excluding hydrogens is 425 g/mol. The van der Waals surface area contributed by atoms with E-state index in [2.05, 4.69) is 5.32 Å². The maximum atomic E-state index is 14.7. The number of aromatic nitrogens is 1. The van der Waals surface area contributed by atoms with Gasteiger partial charge in [0.05, 0.1) is 23.4 Å². The van der Waals surface area contributed by atoms with E-state index in [1.54, 1.807) is 30.3 Å². The summed E-state index contributed by atoms with van der Waals surface area (Å²) in [5, 5.41) is 3.14. The van der Waals surface area contributed by atoms with Gasteiger partial charge in [-0.25, -0.2) is 9.18 Å². The third-order valence-corrected chi connectivity index (χ3v) is 5.42. The summed E-state index contributed by atoms with van der Waals surface area (Å²) in [6, 6.07) is 9.50. The largest absolute Gasteiger partial charge is 0.419 e. The number of aryl methyl sites for hydroxylation is 1. The van der Waals surface area contributed by atoms with Gasteiger partial charge in [-0.1, -0.05) is 11.6 Å². The number of amides is 1. The third-order valence-electron chi connectivity index (χ3n) is 5.18. The Balaban J connectivity index is 1.41. The number of nitrogens with zero attached hydrogens (tertiary/aromatic N) is 2. The maximum absolute atomic E-state index is 14.7. The highest BCUT2D eigenvalue weighted by molar-refractivity contribution is 6.31. The highest BCUT2D eigenvalue weighted by Gasteiger charge is 2.24. The first-order chi connectivity index (χ1) is 14.8. The van der Waals surface area contributed by atoms with Crippen molar-refractivity contribution in [2.75, 3.05) is 23.3 Å². The van der Waals surface area contributed by atoms with Gasteiger partial charge in [-0.2, -0.15) is 0 Å². The normalized spacial score (nSPS) is 19.0. The second-order valence-corrected chi connectivity index (χ2v) is 8.19. The van der Waals surface area contributed by atoms with Crippen LogP contribution in [-0.2, 0) is 16.1 Å². The molecule has 7 nitrogen and oxygen atoms in total. The maximum Gasteiger partial charge on any atom is 0.419 e. The van der Waals surface area contributed by atoms with Crippen molar-refractivity contribution in [1.29, 1.82) is 0 Å².